The molecule has 0 unspecified atom stereocenters. The van der Waals surface area contributed by atoms with Gasteiger partial charge in [0.1, 0.15) is 24.4 Å². The molecule has 36 heavy (non-hydrogen) atoms. The van der Waals surface area contributed by atoms with Crippen LogP contribution in [0.1, 0.15) is 44.2 Å². The van der Waals surface area contributed by atoms with E-state index in [9.17, 15) is 14.4 Å². The Bertz CT molecular complexity index is 998. The van der Waals surface area contributed by atoms with Gasteiger partial charge < -0.3 is 26.0 Å². The minimum absolute atomic E-state index is 0.245. The lowest BCUT2D eigenvalue weighted by Crippen LogP contribution is -2.56. The number of hydrogen-bond acceptors (Lipinski definition) is 5. The molecular formula is C28H38N4O4. The molecule has 8 nitrogen and oxygen atoms in total. The van der Waals surface area contributed by atoms with Crippen molar-refractivity contribution in [3.05, 3.63) is 65.7 Å². The van der Waals surface area contributed by atoms with Crippen LogP contribution in [0.2, 0.25) is 0 Å². The molecule has 1 aliphatic heterocycles. The summed E-state index contributed by atoms with van der Waals surface area (Å²) in [6, 6.07) is 15.5. The van der Waals surface area contributed by atoms with Crippen LogP contribution in [0.25, 0.3) is 0 Å². The van der Waals surface area contributed by atoms with Crippen LogP contribution in [-0.2, 0) is 27.2 Å². The van der Waals surface area contributed by atoms with Gasteiger partial charge in [-0.2, -0.15) is 0 Å². The molecule has 0 aromatic heterocycles. The van der Waals surface area contributed by atoms with E-state index in [-0.39, 0.29) is 11.8 Å². The highest BCUT2D eigenvalue weighted by atomic mass is 16.5. The van der Waals surface area contributed by atoms with Crippen molar-refractivity contribution in [1.82, 2.24) is 21.3 Å². The molecule has 3 amide bonds. The molecule has 2 aromatic rings. The highest BCUT2D eigenvalue weighted by Gasteiger charge is 2.26. The van der Waals surface area contributed by atoms with Gasteiger partial charge >= 0.3 is 0 Å². The molecule has 194 valence electrons. The molecule has 0 fully saturated rings. The van der Waals surface area contributed by atoms with Gasteiger partial charge in [-0.15, -0.1) is 0 Å². The monoisotopic (exact) mass is 494 g/mol. The summed E-state index contributed by atoms with van der Waals surface area (Å²) in [7, 11) is 0. The van der Waals surface area contributed by atoms with Crippen molar-refractivity contribution in [1.29, 1.82) is 0 Å². The first-order valence-corrected chi connectivity index (χ1v) is 12.8. The van der Waals surface area contributed by atoms with E-state index in [1.165, 1.54) is 0 Å². The summed E-state index contributed by atoms with van der Waals surface area (Å²) in [6.45, 7) is 5.03. The molecule has 2 aromatic carbocycles. The number of rotatable bonds is 4. The van der Waals surface area contributed by atoms with Gasteiger partial charge in [-0.1, -0.05) is 61.9 Å². The Morgan fingerprint density at radius 2 is 1.61 bits per heavy atom. The summed E-state index contributed by atoms with van der Waals surface area (Å²) in [5.41, 5.74) is 2.01. The van der Waals surface area contributed by atoms with E-state index in [2.05, 4.69) is 21.3 Å². The lowest BCUT2D eigenvalue weighted by molar-refractivity contribution is -0.132. The van der Waals surface area contributed by atoms with E-state index in [0.29, 0.717) is 32.5 Å². The molecule has 0 saturated heterocycles. The fourth-order valence-electron chi connectivity index (χ4n) is 4.21. The summed E-state index contributed by atoms with van der Waals surface area (Å²) in [5.74, 6) is -0.0777. The zero-order valence-electron chi connectivity index (χ0n) is 21.2. The van der Waals surface area contributed by atoms with E-state index in [1.54, 1.807) is 6.92 Å². The predicted molar refractivity (Wildman–Crippen MR) is 140 cm³/mol. The van der Waals surface area contributed by atoms with Gasteiger partial charge in [-0.3, -0.25) is 14.4 Å². The summed E-state index contributed by atoms with van der Waals surface area (Å²) in [5, 5.41) is 11.9. The minimum atomic E-state index is -0.785. The first-order valence-electron chi connectivity index (χ1n) is 12.8. The van der Waals surface area contributed by atoms with Crippen LogP contribution < -0.4 is 26.0 Å². The number of carbonyl (C=O) groups excluding carboxylic acids is 3. The lowest BCUT2D eigenvalue weighted by Gasteiger charge is -2.24. The number of carbonyl (C=O) groups is 3. The molecule has 0 saturated carbocycles. The maximum atomic E-state index is 13.1. The van der Waals surface area contributed by atoms with Crippen molar-refractivity contribution in [3.63, 3.8) is 0 Å². The minimum Gasteiger partial charge on any atom is -0.492 e. The molecule has 0 bridgehead atoms. The predicted octanol–water partition coefficient (Wildman–Crippen LogP) is 2.12. The number of aryl methyl sites for hydroxylation is 1. The first-order chi connectivity index (χ1) is 17.5. The van der Waals surface area contributed by atoms with E-state index in [4.69, 9.17) is 4.74 Å². The number of para-hydroxylation sites is 1. The molecule has 0 radical (unpaired) electrons. The Balaban J connectivity index is 1.78. The highest BCUT2D eigenvalue weighted by molar-refractivity contribution is 5.93. The smallest absolute Gasteiger partial charge is 0.242 e. The van der Waals surface area contributed by atoms with Crippen LogP contribution >= 0.6 is 0 Å². The van der Waals surface area contributed by atoms with E-state index < -0.39 is 24.0 Å². The second-order valence-electron chi connectivity index (χ2n) is 9.13. The SMILES string of the molecule is CCC[C@@H]1NCCOc2ccccc2CCCNC(=O)[C@@H](Cc2ccccc2)NC(=O)[C@@H](C)NC1=O. The Morgan fingerprint density at radius 1 is 0.861 bits per heavy atom. The number of hydrogen-bond donors (Lipinski definition) is 4. The Kier molecular flexibility index (Phi) is 10.8. The molecule has 4 N–H and O–H groups in total. The molecule has 3 atom stereocenters. The Labute approximate surface area is 213 Å². The van der Waals surface area contributed by atoms with Crippen LogP contribution in [-0.4, -0.2) is 55.5 Å². The van der Waals surface area contributed by atoms with Gasteiger partial charge in [0.15, 0.2) is 0 Å². The Morgan fingerprint density at radius 3 is 2.39 bits per heavy atom. The molecule has 0 spiro atoms. The van der Waals surface area contributed by atoms with Crippen molar-refractivity contribution >= 4 is 17.7 Å². The number of fused-ring (bicyclic) bond motifs is 1. The number of amides is 3. The van der Waals surface area contributed by atoms with Crippen molar-refractivity contribution < 1.29 is 19.1 Å². The third kappa shape index (κ3) is 8.37. The molecular weight excluding hydrogens is 456 g/mol. The maximum Gasteiger partial charge on any atom is 0.242 e. The third-order valence-electron chi connectivity index (χ3n) is 6.21. The van der Waals surface area contributed by atoms with Crippen LogP contribution in [0.15, 0.2) is 54.6 Å². The molecule has 0 aliphatic carbocycles. The summed E-state index contributed by atoms with van der Waals surface area (Å²) in [6.07, 6.45) is 3.29. The maximum absolute atomic E-state index is 13.1. The summed E-state index contributed by atoms with van der Waals surface area (Å²) >= 11 is 0. The second kappa shape index (κ2) is 14.2. The van der Waals surface area contributed by atoms with Crippen molar-refractivity contribution in [2.75, 3.05) is 19.7 Å². The molecule has 8 heteroatoms. The van der Waals surface area contributed by atoms with Crippen LogP contribution in [0.3, 0.4) is 0 Å². The van der Waals surface area contributed by atoms with Gasteiger partial charge in [0, 0.05) is 19.5 Å². The largest absolute Gasteiger partial charge is 0.492 e. The van der Waals surface area contributed by atoms with Gasteiger partial charge in [0.05, 0.1) is 6.04 Å². The van der Waals surface area contributed by atoms with Crippen molar-refractivity contribution in [2.45, 2.75) is 64.1 Å². The van der Waals surface area contributed by atoms with E-state index in [1.807, 2.05) is 61.5 Å². The lowest BCUT2D eigenvalue weighted by atomic mass is 10.0. The van der Waals surface area contributed by atoms with E-state index in [0.717, 1.165) is 36.1 Å². The van der Waals surface area contributed by atoms with Crippen LogP contribution in [0, 0.1) is 0 Å². The zero-order valence-corrected chi connectivity index (χ0v) is 21.2. The fourth-order valence-corrected chi connectivity index (χ4v) is 4.21. The third-order valence-corrected chi connectivity index (χ3v) is 6.21. The summed E-state index contributed by atoms with van der Waals surface area (Å²) < 4.78 is 5.99. The second-order valence-corrected chi connectivity index (χ2v) is 9.13. The Hall–Kier alpha value is -3.39. The van der Waals surface area contributed by atoms with Crippen LogP contribution in [0.4, 0.5) is 0 Å². The van der Waals surface area contributed by atoms with Crippen LogP contribution in [0.5, 0.6) is 5.75 Å². The van der Waals surface area contributed by atoms with Gasteiger partial charge in [-0.25, -0.2) is 0 Å². The average Bonchev–Trinajstić information content (AvgIpc) is 2.88. The van der Waals surface area contributed by atoms with Crippen molar-refractivity contribution in [2.24, 2.45) is 0 Å². The van der Waals surface area contributed by atoms with Gasteiger partial charge in [0.25, 0.3) is 0 Å². The van der Waals surface area contributed by atoms with E-state index >= 15 is 0 Å². The first kappa shape index (κ1) is 27.2. The number of benzene rings is 2. The topological polar surface area (TPSA) is 109 Å². The van der Waals surface area contributed by atoms with Crippen molar-refractivity contribution in [3.8, 4) is 5.75 Å². The molecule has 1 aliphatic rings. The zero-order chi connectivity index (χ0) is 25.8. The normalized spacial score (nSPS) is 22.6. The average molecular weight is 495 g/mol. The van der Waals surface area contributed by atoms with Gasteiger partial charge in [0.2, 0.25) is 17.7 Å². The quantitative estimate of drug-likeness (QED) is 0.521. The molecule has 3 rings (SSSR count). The highest BCUT2D eigenvalue weighted by Crippen LogP contribution is 2.19. The molecule has 1 heterocycles. The number of ether oxygens (including phenoxy) is 1. The fraction of sp³-hybridized carbons (Fsp3) is 0.464. The summed E-state index contributed by atoms with van der Waals surface area (Å²) in [4.78, 5) is 38.9. The number of nitrogens with one attached hydrogen (secondary N) is 4. The standard InChI is InChI=1S/C28H38N4O4/c1-3-10-23-28(35)31-20(2)26(33)32-24(19-21-11-5-4-6-12-21)27(34)30-16-9-14-22-13-7-8-15-25(22)36-18-17-29-23/h4-8,11-13,15,20,23-24,29H,3,9-10,14,16-19H2,1-2H3,(H,30,34)(H,31,35)(H,32,33)/t20-,23+,24-/m1/s1. The van der Waals surface area contributed by atoms with Gasteiger partial charge in [-0.05, 0) is 43.4 Å².